The third-order valence-electron chi connectivity index (χ3n) is 5.93. The van der Waals surface area contributed by atoms with Gasteiger partial charge in [0.2, 0.25) is 10.0 Å². The molecule has 4 rings (SSSR count). The number of methoxy groups -OCH3 is 1. The monoisotopic (exact) mass is 609 g/mol. The average Bonchev–Trinajstić information content (AvgIpc) is 2.96. The highest BCUT2D eigenvalue weighted by molar-refractivity contribution is 7.92. The molecule has 0 aromatic heterocycles. The molecule has 14 heteroatoms. The van der Waals surface area contributed by atoms with E-state index >= 15 is 0 Å². The van der Waals surface area contributed by atoms with Crippen molar-refractivity contribution < 1.29 is 35.8 Å². The van der Waals surface area contributed by atoms with Crippen LogP contribution in [0.4, 0.5) is 5.69 Å². The van der Waals surface area contributed by atoms with Gasteiger partial charge < -0.3 is 19.5 Å². The van der Waals surface area contributed by atoms with E-state index in [0.717, 1.165) is 5.56 Å². The molecule has 11 nitrogen and oxygen atoms in total. The molecule has 1 amide bonds. The van der Waals surface area contributed by atoms with Crippen molar-refractivity contribution in [2.75, 3.05) is 44.7 Å². The molecule has 1 saturated heterocycles. The molecule has 3 aromatic rings. The minimum atomic E-state index is -3.89. The summed E-state index contributed by atoms with van der Waals surface area (Å²) in [4.78, 5) is 12.4. The van der Waals surface area contributed by atoms with Crippen LogP contribution < -0.4 is 19.5 Å². The largest absolute Gasteiger partial charge is 0.495 e. The number of benzene rings is 3. The zero-order valence-corrected chi connectivity index (χ0v) is 23.9. The predicted octanol–water partition coefficient (Wildman–Crippen LogP) is 2.87. The van der Waals surface area contributed by atoms with Crippen LogP contribution >= 0.6 is 11.6 Å². The van der Waals surface area contributed by atoms with Crippen LogP contribution in [0, 0.1) is 0 Å². The van der Waals surface area contributed by atoms with Gasteiger partial charge in [0.25, 0.3) is 15.9 Å². The van der Waals surface area contributed by atoms with Crippen LogP contribution in [0.1, 0.15) is 5.56 Å². The highest BCUT2D eigenvalue weighted by Crippen LogP contribution is 2.28. The Morgan fingerprint density at radius 1 is 0.950 bits per heavy atom. The van der Waals surface area contributed by atoms with Gasteiger partial charge in [-0.05, 0) is 60.2 Å². The van der Waals surface area contributed by atoms with E-state index in [2.05, 4.69) is 10.0 Å². The minimum absolute atomic E-state index is 0.00433. The predicted molar refractivity (Wildman–Crippen MR) is 149 cm³/mol. The molecule has 2 N–H and O–H groups in total. The number of morpholine rings is 1. The highest BCUT2D eigenvalue weighted by atomic mass is 35.5. The molecule has 1 heterocycles. The maximum atomic E-state index is 12.7. The minimum Gasteiger partial charge on any atom is -0.495 e. The Morgan fingerprint density at radius 2 is 1.60 bits per heavy atom. The number of amides is 1. The number of rotatable bonds is 11. The van der Waals surface area contributed by atoms with Crippen molar-refractivity contribution in [1.29, 1.82) is 0 Å². The van der Waals surface area contributed by atoms with Crippen molar-refractivity contribution in [1.82, 2.24) is 9.62 Å². The smallest absolute Gasteiger partial charge is 0.261 e. The fourth-order valence-corrected chi connectivity index (χ4v) is 6.49. The number of halogens is 1. The first kappa shape index (κ1) is 29.6. The first-order chi connectivity index (χ1) is 19.1. The zero-order valence-electron chi connectivity index (χ0n) is 21.5. The van der Waals surface area contributed by atoms with Crippen LogP contribution in [-0.4, -0.2) is 67.1 Å². The average molecular weight is 610 g/mol. The van der Waals surface area contributed by atoms with E-state index in [1.165, 1.54) is 59.9 Å². The maximum absolute atomic E-state index is 12.7. The van der Waals surface area contributed by atoms with Gasteiger partial charge in [-0.2, -0.15) is 4.31 Å². The van der Waals surface area contributed by atoms with Crippen LogP contribution in [0.3, 0.4) is 0 Å². The van der Waals surface area contributed by atoms with Crippen LogP contribution in [-0.2, 0) is 36.1 Å². The standard InChI is InChI=1S/C26H28ClN3O8S2/c1-36-25-11-4-20(16-24(25)27)29-39(32,33)22-9-5-21(6-10-22)38-18-26(31)28-17-19-2-7-23(8-3-19)40(34,35)30-12-14-37-15-13-30/h2-11,16,29H,12-15,17-18H2,1H3,(H,28,31). The van der Waals surface area contributed by atoms with Crippen molar-refractivity contribution >= 4 is 43.2 Å². The number of carbonyl (C=O) groups is 1. The summed E-state index contributed by atoms with van der Waals surface area (Å²) in [5.41, 5.74) is 0.991. The van der Waals surface area contributed by atoms with Crippen LogP contribution in [0.5, 0.6) is 11.5 Å². The summed E-state index contributed by atoms with van der Waals surface area (Å²) in [6.45, 7) is 1.25. The number of hydrogen-bond donors (Lipinski definition) is 2. The third kappa shape index (κ3) is 7.43. The van der Waals surface area contributed by atoms with Crippen LogP contribution in [0.25, 0.3) is 0 Å². The van der Waals surface area contributed by atoms with Crippen molar-refractivity contribution in [3.05, 3.63) is 77.3 Å². The Bertz CT molecular complexity index is 1540. The summed E-state index contributed by atoms with van der Waals surface area (Å²) in [6.07, 6.45) is 0. The van der Waals surface area contributed by atoms with E-state index in [-0.39, 0.29) is 33.7 Å². The second-order valence-electron chi connectivity index (χ2n) is 8.65. The molecule has 0 saturated carbocycles. The Kier molecular flexibility index (Phi) is 9.53. The van der Waals surface area contributed by atoms with E-state index in [0.29, 0.717) is 37.8 Å². The molecule has 0 bridgehead atoms. The number of sulfonamides is 2. The molecule has 0 aliphatic carbocycles. The summed E-state index contributed by atoms with van der Waals surface area (Å²) in [5.74, 6) is 0.321. The molecule has 0 unspecified atom stereocenters. The highest BCUT2D eigenvalue weighted by Gasteiger charge is 2.26. The number of carbonyl (C=O) groups excluding carboxylic acids is 1. The number of anilines is 1. The van der Waals surface area contributed by atoms with Gasteiger partial charge in [-0.3, -0.25) is 9.52 Å². The maximum Gasteiger partial charge on any atom is 0.261 e. The molecule has 3 aromatic carbocycles. The first-order valence-corrected chi connectivity index (χ1v) is 15.4. The van der Waals surface area contributed by atoms with E-state index in [1.54, 1.807) is 18.2 Å². The topological polar surface area (TPSA) is 140 Å². The second kappa shape index (κ2) is 12.9. The van der Waals surface area contributed by atoms with Crippen LogP contribution in [0.2, 0.25) is 5.02 Å². The molecule has 0 atom stereocenters. The van der Waals surface area contributed by atoms with Gasteiger partial charge in [0.15, 0.2) is 6.61 Å². The summed E-state index contributed by atoms with van der Waals surface area (Å²) >= 11 is 6.06. The molecule has 40 heavy (non-hydrogen) atoms. The lowest BCUT2D eigenvalue weighted by Crippen LogP contribution is -2.40. The number of hydrogen-bond acceptors (Lipinski definition) is 8. The first-order valence-electron chi connectivity index (χ1n) is 12.1. The van der Waals surface area contributed by atoms with Gasteiger partial charge in [0, 0.05) is 19.6 Å². The molecule has 1 fully saturated rings. The van der Waals surface area contributed by atoms with Gasteiger partial charge in [-0.15, -0.1) is 0 Å². The normalized spacial score (nSPS) is 14.3. The molecular formula is C26H28ClN3O8S2. The molecule has 0 spiro atoms. The quantitative estimate of drug-likeness (QED) is 0.338. The Hall–Kier alpha value is -3.36. The summed E-state index contributed by atoms with van der Waals surface area (Å²) in [5, 5.41) is 2.96. The van der Waals surface area contributed by atoms with Crippen molar-refractivity contribution in [3.8, 4) is 11.5 Å². The fraction of sp³-hybridized carbons (Fsp3) is 0.269. The van der Waals surface area contributed by atoms with Gasteiger partial charge in [-0.25, -0.2) is 16.8 Å². The number of nitrogens with zero attached hydrogens (tertiary/aromatic N) is 1. The lowest BCUT2D eigenvalue weighted by atomic mass is 10.2. The van der Waals surface area contributed by atoms with Crippen LogP contribution in [0.15, 0.2) is 76.5 Å². The lowest BCUT2D eigenvalue weighted by molar-refractivity contribution is -0.123. The van der Waals surface area contributed by atoms with Gasteiger partial charge >= 0.3 is 0 Å². The molecule has 214 valence electrons. The molecule has 0 radical (unpaired) electrons. The van der Waals surface area contributed by atoms with E-state index in [1.807, 2.05) is 0 Å². The third-order valence-corrected chi connectivity index (χ3v) is 9.53. The fourth-order valence-electron chi connectivity index (χ4n) is 3.77. The van der Waals surface area contributed by atoms with Crippen molar-refractivity contribution in [3.63, 3.8) is 0 Å². The Labute approximate surface area is 238 Å². The molecule has 1 aliphatic rings. The van der Waals surface area contributed by atoms with E-state index in [4.69, 9.17) is 25.8 Å². The van der Waals surface area contributed by atoms with E-state index in [9.17, 15) is 21.6 Å². The second-order valence-corrected chi connectivity index (χ2v) is 12.7. The summed E-state index contributed by atoms with van der Waals surface area (Å²) in [6, 6.07) is 16.4. The Morgan fingerprint density at radius 3 is 2.23 bits per heavy atom. The number of nitrogens with one attached hydrogen (secondary N) is 2. The number of ether oxygens (including phenoxy) is 3. The molecule has 1 aliphatic heterocycles. The Balaban J connectivity index is 1.26. The lowest BCUT2D eigenvalue weighted by Gasteiger charge is -2.26. The SMILES string of the molecule is COc1ccc(NS(=O)(=O)c2ccc(OCC(=O)NCc3ccc(S(=O)(=O)N4CCOCC4)cc3)cc2)cc1Cl. The van der Waals surface area contributed by atoms with E-state index < -0.39 is 26.0 Å². The van der Waals surface area contributed by atoms with Gasteiger partial charge in [-0.1, -0.05) is 23.7 Å². The zero-order chi connectivity index (χ0) is 28.8. The van der Waals surface area contributed by atoms with Gasteiger partial charge in [0.05, 0.1) is 40.8 Å². The van der Waals surface area contributed by atoms with Crippen molar-refractivity contribution in [2.45, 2.75) is 16.3 Å². The summed E-state index contributed by atoms with van der Waals surface area (Å²) in [7, 11) is -6.01. The molecular weight excluding hydrogens is 582 g/mol. The van der Waals surface area contributed by atoms with Crippen molar-refractivity contribution in [2.24, 2.45) is 0 Å². The summed E-state index contributed by atoms with van der Waals surface area (Å²) < 4.78 is 70.4. The van der Waals surface area contributed by atoms with Gasteiger partial charge in [0.1, 0.15) is 11.5 Å².